The van der Waals surface area contributed by atoms with E-state index in [0.717, 1.165) is 35.8 Å². The first-order chi connectivity index (χ1) is 13.0. The zero-order valence-electron chi connectivity index (χ0n) is 18.2. The van der Waals surface area contributed by atoms with Gasteiger partial charge in [0.2, 0.25) is 0 Å². The first-order valence-corrected chi connectivity index (χ1v) is 9.91. The summed E-state index contributed by atoms with van der Waals surface area (Å²) < 4.78 is 12.1. The molecule has 0 aliphatic carbocycles. The van der Waals surface area contributed by atoms with Gasteiger partial charge in [-0.1, -0.05) is 48.5 Å². The predicted octanol–water partition coefficient (Wildman–Crippen LogP) is 6.00. The van der Waals surface area contributed by atoms with Gasteiger partial charge in [0, 0.05) is 42.3 Å². The van der Waals surface area contributed by atoms with Gasteiger partial charge in [-0.25, -0.2) is 0 Å². The van der Waals surface area contributed by atoms with Crippen LogP contribution in [-0.4, -0.2) is 9.97 Å². The van der Waals surface area contributed by atoms with E-state index < -0.39 is 0 Å². The smallest absolute Gasteiger partial charge is 0.110 e. The maximum Gasteiger partial charge on any atom is 0.110 e. The molecule has 3 aromatic heterocycles. The van der Waals surface area contributed by atoms with Crippen LogP contribution in [0.4, 0.5) is 0 Å². The third-order valence-corrected chi connectivity index (χ3v) is 5.34. The van der Waals surface area contributed by atoms with Crippen LogP contribution in [-0.2, 0) is 29.1 Å². The molecule has 0 unspecified atom stereocenters. The zero-order valence-corrected chi connectivity index (χ0v) is 18.2. The van der Waals surface area contributed by atoms with Gasteiger partial charge in [-0.15, -0.1) is 0 Å². The summed E-state index contributed by atoms with van der Waals surface area (Å²) in [5.74, 6) is 2.94. The first kappa shape index (κ1) is 20.4. The Bertz CT molecular complexity index is 911. The third kappa shape index (κ3) is 4.54. The summed E-state index contributed by atoms with van der Waals surface area (Å²) in [5.41, 5.74) is 2.00. The van der Waals surface area contributed by atoms with Crippen molar-refractivity contribution in [1.82, 2.24) is 9.97 Å². The number of rotatable bonds is 6. The van der Waals surface area contributed by atoms with E-state index >= 15 is 0 Å². The molecule has 0 spiro atoms. The molecule has 0 bridgehead atoms. The van der Waals surface area contributed by atoms with Crippen molar-refractivity contribution in [2.24, 2.45) is 0 Å². The summed E-state index contributed by atoms with van der Waals surface area (Å²) in [5, 5.41) is 0. The van der Waals surface area contributed by atoms with E-state index in [1.54, 1.807) is 12.4 Å². The van der Waals surface area contributed by atoms with Crippen LogP contribution in [0.5, 0.6) is 0 Å². The molecule has 0 saturated carbocycles. The fourth-order valence-corrected chi connectivity index (χ4v) is 3.40. The van der Waals surface area contributed by atoms with Gasteiger partial charge >= 0.3 is 0 Å². The van der Waals surface area contributed by atoms with Crippen LogP contribution in [0.1, 0.15) is 77.0 Å². The molecule has 4 nitrogen and oxygen atoms in total. The van der Waals surface area contributed by atoms with Crippen molar-refractivity contribution in [1.29, 1.82) is 0 Å². The maximum absolute atomic E-state index is 6.26. The summed E-state index contributed by atoms with van der Waals surface area (Å²) in [6.07, 6.45) is 8.72. The van der Waals surface area contributed by atoms with Crippen LogP contribution in [0.25, 0.3) is 0 Å². The summed E-state index contributed by atoms with van der Waals surface area (Å²) in [6, 6.07) is 6.34. The number of hydrogen-bond acceptors (Lipinski definition) is 4. The van der Waals surface area contributed by atoms with Crippen molar-refractivity contribution in [2.75, 3.05) is 0 Å². The molecule has 0 aromatic carbocycles. The van der Waals surface area contributed by atoms with Gasteiger partial charge in [0.1, 0.15) is 17.3 Å². The van der Waals surface area contributed by atoms with Crippen LogP contribution in [0.3, 0.4) is 0 Å². The highest BCUT2D eigenvalue weighted by atomic mass is 16.3. The molecule has 3 aromatic rings. The Morgan fingerprint density at radius 3 is 2.18 bits per heavy atom. The fourth-order valence-electron chi connectivity index (χ4n) is 3.40. The van der Waals surface area contributed by atoms with E-state index in [2.05, 4.69) is 76.6 Å². The second-order valence-corrected chi connectivity index (χ2v) is 10.0. The van der Waals surface area contributed by atoms with Crippen LogP contribution in [0.15, 0.2) is 51.9 Å². The fraction of sp³-hybridized carbons (Fsp3) is 0.500. The lowest BCUT2D eigenvalue weighted by molar-refractivity contribution is 0.330. The second-order valence-electron chi connectivity index (χ2n) is 10.0. The Hall–Kier alpha value is -2.36. The minimum Gasteiger partial charge on any atom is -0.469 e. The van der Waals surface area contributed by atoms with Gasteiger partial charge in [0.15, 0.2) is 0 Å². The minimum absolute atomic E-state index is 0.0929. The van der Waals surface area contributed by atoms with Gasteiger partial charge in [-0.2, -0.15) is 0 Å². The van der Waals surface area contributed by atoms with Crippen molar-refractivity contribution in [3.8, 4) is 0 Å². The molecular formula is C24H32N2O2. The lowest BCUT2D eigenvalue weighted by Gasteiger charge is -2.23. The molecule has 0 radical (unpaired) electrons. The molecule has 0 saturated heterocycles. The topological polar surface area (TPSA) is 52.1 Å². The highest BCUT2D eigenvalue weighted by Gasteiger charge is 2.30. The highest BCUT2D eigenvalue weighted by molar-refractivity contribution is 5.25. The summed E-state index contributed by atoms with van der Waals surface area (Å²) >= 11 is 0. The molecular weight excluding hydrogens is 348 g/mol. The van der Waals surface area contributed by atoms with E-state index in [0.29, 0.717) is 0 Å². The average molecular weight is 381 g/mol. The molecule has 0 amide bonds. The van der Waals surface area contributed by atoms with Crippen molar-refractivity contribution in [3.05, 3.63) is 71.6 Å². The van der Waals surface area contributed by atoms with Crippen molar-refractivity contribution in [3.63, 3.8) is 0 Å². The van der Waals surface area contributed by atoms with Gasteiger partial charge in [-0.05, 0) is 29.2 Å². The number of hydrogen-bond donors (Lipinski definition) is 0. The summed E-state index contributed by atoms with van der Waals surface area (Å²) in [6.45, 7) is 15.3. The van der Waals surface area contributed by atoms with Crippen LogP contribution in [0.2, 0.25) is 0 Å². The van der Waals surface area contributed by atoms with E-state index in [4.69, 9.17) is 8.83 Å². The second kappa shape index (κ2) is 7.23. The molecule has 0 aliphatic heterocycles. The third-order valence-electron chi connectivity index (χ3n) is 5.34. The quantitative estimate of drug-likeness (QED) is 0.526. The molecule has 150 valence electrons. The number of furan rings is 2. The highest BCUT2D eigenvalue weighted by Crippen LogP contribution is 2.34. The van der Waals surface area contributed by atoms with Gasteiger partial charge in [0.25, 0.3) is 0 Å². The minimum atomic E-state index is -0.151. The van der Waals surface area contributed by atoms with Crippen LogP contribution in [0, 0.1) is 0 Å². The Labute approximate surface area is 168 Å². The van der Waals surface area contributed by atoms with E-state index in [1.165, 1.54) is 5.56 Å². The van der Waals surface area contributed by atoms with Crippen molar-refractivity contribution < 1.29 is 8.83 Å². The monoisotopic (exact) mass is 380 g/mol. The van der Waals surface area contributed by atoms with E-state index in [9.17, 15) is 0 Å². The molecule has 0 N–H and O–H groups in total. The largest absolute Gasteiger partial charge is 0.469 e. The summed E-state index contributed by atoms with van der Waals surface area (Å²) in [7, 11) is 0. The van der Waals surface area contributed by atoms with Crippen molar-refractivity contribution in [2.45, 2.75) is 77.6 Å². The Morgan fingerprint density at radius 1 is 0.857 bits per heavy atom. The molecule has 4 heteroatoms. The standard InChI is InChI=1S/C24H32N2O2/c1-22(2,3)17-12-19(27-16-17)14-24(6,7)21-9-8-18(28-21)13-23(4,5)20-15-25-10-11-26-20/h8-12,15-16H,13-14H2,1-7H3. The lowest BCUT2D eigenvalue weighted by atomic mass is 9.84. The molecule has 3 rings (SSSR count). The SMILES string of the molecule is CC(C)(C)c1coc(CC(C)(C)c2ccc(CC(C)(C)c3cnccn3)o2)c1. The van der Waals surface area contributed by atoms with E-state index in [-0.39, 0.29) is 16.2 Å². The van der Waals surface area contributed by atoms with Gasteiger partial charge < -0.3 is 8.83 Å². The summed E-state index contributed by atoms with van der Waals surface area (Å²) in [4.78, 5) is 8.66. The van der Waals surface area contributed by atoms with Crippen LogP contribution >= 0.6 is 0 Å². The lowest BCUT2D eigenvalue weighted by Crippen LogP contribution is -2.22. The van der Waals surface area contributed by atoms with Gasteiger partial charge in [-0.3, -0.25) is 9.97 Å². The normalized spacial score (nSPS) is 13.1. The molecule has 0 atom stereocenters. The molecule has 3 heterocycles. The van der Waals surface area contributed by atoms with E-state index in [1.807, 2.05) is 12.5 Å². The first-order valence-electron chi connectivity index (χ1n) is 9.91. The maximum atomic E-state index is 6.26. The van der Waals surface area contributed by atoms with Crippen molar-refractivity contribution >= 4 is 0 Å². The zero-order chi connectivity index (χ0) is 20.6. The molecule has 28 heavy (non-hydrogen) atoms. The number of nitrogens with zero attached hydrogens (tertiary/aromatic N) is 2. The molecule has 0 fully saturated rings. The van der Waals surface area contributed by atoms with Gasteiger partial charge in [0.05, 0.1) is 12.0 Å². The van der Waals surface area contributed by atoms with Crippen LogP contribution < -0.4 is 0 Å². The number of aromatic nitrogens is 2. The molecule has 0 aliphatic rings. The Kier molecular flexibility index (Phi) is 5.26. The predicted molar refractivity (Wildman–Crippen MR) is 112 cm³/mol. The average Bonchev–Trinajstić information content (AvgIpc) is 3.24. The Balaban J connectivity index is 1.74. The Morgan fingerprint density at radius 2 is 1.57 bits per heavy atom.